The number of anilines is 3. The third-order valence-electron chi connectivity index (χ3n) is 3.62. The molecule has 3 aromatic rings. The van der Waals surface area contributed by atoms with E-state index in [1.54, 1.807) is 24.5 Å². The predicted octanol–water partition coefficient (Wildman–Crippen LogP) is 3.72. The fraction of sp³-hybridized carbons (Fsp3) is 0. The summed E-state index contributed by atoms with van der Waals surface area (Å²) in [5.74, 6) is 0.688. The van der Waals surface area contributed by atoms with Gasteiger partial charge in [-0.2, -0.15) is 0 Å². The van der Waals surface area contributed by atoms with E-state index in [4.69, 9.17) is 4.74 Å². The van der Waals surface area contributed by atoms with Crippen LogP contribution in [0.5, 0.6) is 5.88 Å². The van der Waals surface area contributed by atoms with Crippen molar-refractivity contribution in [1.29, 1.82) is 0 Å². The summed E-state index contributed by atoms with van der Waals surface area (Å²) in [6.07, 6.45) is 5.01. The molecule has 0 unspecified atom stereocenters. The normalized spacial score (nSPS) is 12.2. The molecule has 1 aliphatic rings. The minimum absolute atomic E-state index is 0.301. The minimum atomic E-state index is -1.15. The molecule has 3 heterocycles. The highest BCUT2D eigenvalue weighted by molar-refractivity contribution is 5.96. The second kappa shape index (κ2) is 5.54. The maximum Gasteiger partial charge on any atom is 0.417 e. The van der Waals surface area contributed by atoms with Crippen LogP contribution in [0, 0.1) is 0 Å². The average Bonchev–Trinajstić information content (AvgIpc) is 2.61. The van der Waals surface area contributed by atoms with Gasteiger partial charge in [-0.1, -0.05) is 24.3 Å². The first-order valence-corrected chi connectivity index (χ1v) is 7.18. The van der Waals surface area contributed by atoms with Crippen molar-refractivity contribution in [1.82, 2.24) is 9.97 Å². The predicted molar refractivity (Wildman–Crippen MR) is 89.5 cm³/mol. The number of fused-ring (bicyclic) bond motifs is 2. The maximum absolute atomic E-state index is 11.8. The van der Waals surface area contributed by atoms with Crippen molar-refractivity contribution >= 4 is 34.1 Å². The van der Waals surface area contributed by atoms with Gasteiger partial charge in [0, 0.05) is 17.8 Å². The third kappa shape index (κ3) is 2.38. The van der Waals surface area contributed by atoms with E-state index in [1.807, 2.05) is 24.3 Å². The molecule has 118 valence electrons. The first kappa shape index (κ1) is 14.0. The summed E-state index contributed by atoms with van der Waals surface area (Å²) in [6.45, 7) is 0. The number of ether oxygens (including phenoxy) is 1. The van der Waals surface area contributed by atoms with Crippen molar-refractivity contribution < 1.29 is 14.6 Å². The number of nitrogens with zero attached hydrogens (tertiary/aromatic N) is 3. The van der Waals surface area contributed by atoms with E-state index in [2.05, 4.69) is 15.3 Å². The van der Waals surface area contributed by atoms with Crippen molar-refractivity contribution in [2.75, 3.05) is 10.2 Å². The number of nitrogens with one attached hydrogen (secondary N) is 1. The summed E-state index contributed by atoms with van der Waals surface area (Å²) in [7, 11) is 0. The van der Waals surface area contributed by atoms with E-state index >= 15 is 0 Å². The molecule has 1 aromatic carbocycles. The lowest BCUT2D eigenvalue weighted by Gasteiger charge is -2.20. The second-order valence-corrected chi connectivity index (χ2v) is 5.12. The highest BCUT2D eigenvalue weighted by Gasteiger charge is 2.21. The van der Waals surface area contributed by atoms with Gasteiger partial charge in [0.25, 0.3) is 0 Å². The van der Waals surface area contributed by atoms with Crippen molar-refractivity contribution in [3.05, 3.63) is 61.3 Å². The van der Waals surface area contributed by atoms with Crippen molar-refractivity contribution in [3.63, 3.8) is 0 Å². The Kier molecular flexibility index (Phi) is 3.24. The molecular weight excluding hydrogens is 308 g/mol. The number of amides is 1. The SMILES string of the molecule is O=C(O)N(c1cnc2c(c1)NC=CO2)c1cc2ccccc2cn1. The van der Waals surface area contributed by atoms with Crippen molar-refractivity contribution in [2.45, 2.75) is 0 Å². The Balaban J connectivity index is 1.80. The number of hydrogen-bond donors (Lipinski definition) is 2. The number of aromatic nitrogens is 2. The Bertz CT molecular complexity index is 971. The lowest BCUT2D eigenvalue weighted by Crippen LogP contribution is -2.25. The quantitative estimate of drug-likeness (QED) is 0.748. The van der Waals surface area contributed by atoms with E-state index in [0.717, 1.165) is 15.7 Å². The summed E-state index contributed by atoms with van der Waals surface area (Å²) in [6, 6.07) is 11.0. The number of carbonyl (C=O) groups is 1. The molecule has 0 radical (unpaired) electrons. The van der Waals surface area contributed by atoms with Gasteiger partial charge in [0.1, 0.15) is 17.8 Å². The van der Waals surface area contributed by atoms with E-state index in [0.29, 0.717) is 23.1 Å². The zero-order valence-electron chi connectivity index (χ0n) is 12.4. The molecular formula is C17H12N4O3. The highest BCUT2D eigenvalue weighted by atomic mass is 16.5. The van der Waals surface area contributed by atoms with Crippen LogP contribution in [-0.2, 0) is 0 Å². The molecule has 2 N–H and O–H groups in total. The topological polar surface area (TPSA) is 87.6 Å². The smallest absolute Gasteiger partial charge is 0.417 e. The van der Waals surface area contributed by atoms with Crippen LogP contribution in [0.1, 0.15) is 0 Å². The Labute approximate surface area is 136 Å². The lowest BCUT2D eigenvalue weighted by atomic mass is 10.2. The number of hydrogen-bond acceptors (Lipinski definition) is 5. The van der Waals surface area contributed by atoms with Crippen LogP contribution >= 0.6 is 0 Å². The summed E-state index contributed by atoms with van der Waals surface area (Å²) >= 11 is 0. The molecule has 0 aliphatic carbocycles. The van der Waals surface area contributed by atoms with Crippen LogP contribution < -0.4 is 15.0 Å². The van der Waals surface area contributed by atoms with Crippen molar-refractivity contribution in [2.24, 2.45) is 0 Å². The van der Waals surface area contributed by atoms with Gasteiger partial charge in [0.2, 0.25) is 5.88 Å². The first-order valence-electron chi connectivity index (χ1n) is 7.18. The van der Waals surface area contributed by atoms with Crippen LogP contribution in [0.25, 0.3) is 10.8 Å². The molecule has 4 rings (SSSR count). The highest BCUT2D eigenvalue weighted by Crippen LogP contribution is 2.32. The molecule has 0 bridgehead atoms. The Morgan fingerprint density at radius 1 is 1.12 bits per heavy atom. The number of carboxylic acid groups (broad SMARTS) is 1. The van der Waals surface area contributed by atoms with E-state index < -0.39 is 6.09 Å². The van der Waals surface area contributed by atoms with Gasteiger partial charge in [-0.3, -0.25) is 0 Å². The molecule has 1 aliphatic heterocycles. The van der Waals surface area contributed by atoms with Crippen molar-refractivity contribution in [3.8, 4) is 5.88 Å². The van der Waals surface area contributed by atoms with Gasteiger partial charge < -0.3 is 15.2 Å². The van der Waals surface area contributed by atoms with Gasteiger partial charge in [0.05, 0.1) is 11.9 Å². The molecule has 0 atom stereocenters. The number of benzene rings is 1. The fourth-order valence-electron chi connectivity index (χ4n) is 2.52. The van der Waals surface area contributed by atoms with Gasteiger partial charge in [-0.05, 0) is 17.5 Å². The van der Waals surface area contributed by atoms with Crippen LogP contribution in [-0.4, -0.2) is 21.2 Å². The van der Waals surface area contributed by atoms with E-state index in [9.17, 15) is 9.90 Å². The summed E-state index contributed by atoms with van der Waals surface area (Å²) < 4.78 is 5.25. The number of rotatable bonds is 2. The second-order valence-electron chi connectivity index (χ2n) is 5.12. The van der Waals surface area contributed by atoms with E-state index in [-0.39, 0.29) is 0 Å². The molecule has 7 nitrogen and oxygen atoms in total. The zero-order valence-corrected chi connectivity index (χ0v) is 12.4. The standard InChI is InChI=1S/C17H12N4O3/c22-17(23)21(13-8-14-16(20-10-13)24-6-5-18-14)15-7-11-3-1-2-4-12(11)9-19-15/h1-10,18H,(H,22,23). The van der Waals surface area contributed by atoms with Gasteiger partial charge in [-0.15, -0.1) is 0 Å². The van der Waals surface area contributed by atoms with Gasteiger partial charge in [0.15, 0.2) is 0 Å². The molecule has 2 aromatic heterocycles. The number of pyridine rings is 2. The first-order chi connectivity index (χ1) is 11.7. The molecule has 0 fully saturated rings. The Morgan fingerprint density at radius 3 is 2.79 bits per heavy atom. The van der Waals surface area contributed by atoms with Crippen LogP contribution in [0.4, 0.5) is 22.0 Å². The molecule has 0 spiro atoms. The largest absolute Gasteiger partial charge is 0.464 e. The van der Waals surface area contributed by atoms with Gasteiger partial charge >= 0.3 is 6.09 Å². The van der Waals surface area contributed by atoms with E-state index in [1.165, 1.54) is 12.5 Å². The summed E-state index contributed by atoms with van der Waals surface area (Å²) in [5, 5.41) is 14.5. The molecule has 7 heteroatoms. The molecule has 0 saturated carbocycles. The average molecular weight is 320 g/mol. The van der Waals surface area contributed by atoms with Crippen LogP contribution in [0.2, 0.25) is 0 Å². The van der Waals surface area contributed by atoms with Crippen LogP contribution in [0.15, 0.2) is 61.3 Å². The fourth-order valence-corrected chi connectivity index (χ4v) is 2.52. The summed E-state index contributed by atoms with van der Waals surface area (Å²) in [5.41, 5.74) is 0.956. The van der Waals surface area contributed by atoms with Crippen LogP contribution in [0.3, 0.4) is 0 Å². The maximum atomic E-state index is 11.8. The lowest BCUT2D eigenvalue weighted by molar-refractivity contribution is 0.204. The zero-order chi connectivity index (χ0) is 16.5. The molecule has 0 saturated heterocycles. The molecule has 24 heavy (non-hydrogen) atoms. The van der Waals surface area contributed by atoms with Gasteiger partial charge in [-0.25, -0.2) is 19.7 Å². The Hall–Kier alpha value is -3.61. The molecule has 1 amide bonds. The Morgan fingerprint density at radius 2 is 1.96 bits per heavy atom. The third-order valence-corrected chi connectivity index (χ3v) is 3.62. The minimum Gasteiger partial charge on any atom is -0.464 e. The summed E-state index contributed by atoms with van der Waals surface area (Å²) in [4.78, 5) is 21.3. The monoisotopic (exact) mass is 320 g/mol.